The number of hydrogen-bond donors (Lipinski definition) is 1. The van der Waals surface area contributed by atoms with Gasteiger partial charge in [0.15, 0.2) is 0 Å². The Morgan fingerprint density at radius 1 is 1.45 bits per heavy atom. The van der Waals surface area contributed by atoms with Crippen molar-refractivity contribution in [2.75, 3.05) is 5.73 Å². The second-order valence-corrected chi connectivity index (χ2v) is 3.91. The number of anilines is 1. The quantitative estimate of drug-likeness (QED) is 0.620. The van der Waals surface area contributed by atoms with E-state index < -0.39 is 0 Å². The molecule has 1 aromatic rings. The Balaban J connectivity index is 2.39. The van der Waals surface area contributed by atoms with Gasteiger partial charge in [-0.05, 0) is 53.0 Å². The normalized spacial score (nSPS) is 16.8. The number of aromatic nitrogens is 1. The first-order valence-corrected chi connectivity index (χ1v) is 4.77. The van der Waals surface area contributed by atoms with Crippen LogP contribution in [0, 0.1) is 3.70 Å². The molecule has 1 fully saturated rings. The molecule has 1 aliphatic rings. The zero-order valence-electron chi connectivity index (χ0n) is 6.05. The van der Waals surface area contributed by atoms with Crippen LogP contribution in [0.2, 0.25) is 0 Å². The molecule has 0 bridgehead atoms. The molecule has 1 aromatic heterocycles. The summed E-state index contributed by atoms with van der Waals surface area (Å²) in [7, 11) is 0. The minimum Gasteiger partial charge on any atom is -0.384 e. The van der Waals surface area contributed by atoms with Crippen LogP contribution < -0.4 is 5.73 Å². The average molecular weight is 260 g/mol. The number of nitrogens with zero attached hydrogens (tertiary/aromatic N) is 1. The lowest BCUT2D eigenvalue weighted by Gasteiger charge is -2.00. The van der Waals surface area contributed by atoms with Crippen molar-refractivity contribution in [3.63, 3.8) is 0 Å². The molecule has 0 spiro atoms. The van der Waals surface area contributed by atoms with E-state index in [4.69, 9.17) is 5.73 Å². The highest BCUT2D eigenvalue weighted by molar-refractivity contribution is 14.1. The zero-order valence-corrected chi connectivity index (χ0v) is 8.21. The van der Waals surface area contributed by atoms with Gasteiger partial charge in [0.25, 0.3) is 0 Å². The van der Waals surface area contributed by atoms with Gasteiger partial charge in [-0.25, -0.2) is 4.98 Å². The molecule has 2 rings (SSSR count). The van der Waals surface area contributed by atoms with E-state index in [-0.39, 0.29) is 0 Å². The second-order valence-electron chi connectivity index (χ2n) is 2.89. The Morgan fingerprint density at radius 2 is 2.18 bits per heavy atom. The molecule has 0 saturated heterocycles. The number of rotatable bonds is 1. The van der Waals surface area contributed by atoms with Gasteiger partial charge in [0.1, 0.15) is 9.52 Å². The van der Waals surface area contributed by atoms with Crippen LogP contribution in [0.3, 0.4) is 0 Å². The third-order valence-corrected chi connectivity index (χ3v) is 2.78. The van der Waals surface area contributed by atoms with Crippen molar-refractivity contribution < 1.29 is 0 Å². The predicted molar refractivity (Wildman–Crippen MR) is 53.3 cm³/mol. The summed E-state index contributed by atoms with van der Waals surface area (Å²) in [5.74, 6) is 1.40. The number of halogens is 1. The van der Waals surface area contributed by atoms with Gasteiger partial charge in [0.2, 0.25) is 0 Å². The van der Waals surface area contributed by atoms with E-state index >= 15 is 0 Å². The third-order valence-electron chi connectivity index (χ3n) is 1.92. The molecule has 0 aliphatic heterocycles. The Morgan fingerprint density at radius 3 is 2.73 bits per heavy atom. The van der Waals surface area contributed by atoms with Crippen molar-refractivity contribution in [3.05, 3.63) is 21.4 Å². The van der Waals surface area contributed by atoms with Crippen molar-refractivity contribution in [3.8, 4) is 0 Å². The van der Waals surface area contributed by atoms with Crippen molar-refractivity contribution in [1.82, 2.24) is 4.98 Å². The van der Waals surface area contributed by atoms with Gasteiger partial charge >= 0.3 is 0 Å². The van der Waals surface area contributed by atoms with Gasteiger partial charge in [-0.2, -0.15) is 0 Å². The summed E-state index contributed by atoms with van der Waals surface area (Å²) in [4.78, 5) is 4.20. The fraction of sp³-hybridized carbons (Fsp3) is 0.375. The molecular formula is C8H9IN2. The standard InChI is InChI=1S/C8H9IN2/c9-8-6(5-1-2-5)3-4-7(10)11-8/h3-5H,1-2H2,(H2,10,11). The van der Waals surface area contributed by atoms with E-state index in [1.165, 1.54) is 18.4 Å². The molecule has 0 atom stereocenters. The zero-order chi connectivity index (χ0) is 7.84. The van der Waals surface area contributed by atoms with Gasteiger partial charge < -0.3 is 5.73 Å². The maximum absolute atomic E-state index is 5.53. The van der Waals surface area contributed by atoms with E-state index in [0.29, 0.717) is 5.82 Å². The maximum atomic E-state index is 5.53. The first kappa shape index (κ1) is 7.34. The van der Waals surface area contributed by atoms with Crippen molar-refractivity contribution >= 4 is 28.4 Å². The van der Waals surface area contributed by atoms with E-state index in [9.17, 15) is 0 Å². The summed E-state index contributed by atoms with van der Waals surface area (Å²) >= 11 is 2.25. The second kappa shape index (κ2) is 2.62. The first-order chi connectivity index (χ1) is 5.27. The lowest BCUT2D eigenvalue weighted by Crippen LogP contribution is -1.95. The highest BCUT2D eigenvalue weighted by Crippen LogP contribution is 2.41. The van der Waals surface area contributed by atoms with E-state index in [1.807, 2.05) is 6.07 Å². The maximum Gasteiger partial charge on any atom is 0.124 e. The molecule has 58 valence electrons. The molecule has 0 aromatic carbocycles. The molecule has 0 radical (unpaired) electrons. The fourth-order valence-electron chi connectivity index (χ4n) is 1.16. The smallest absolute Gasteiger partial charge is 0.124 e. The topological polar surface area (TPSA) is 38.9 Å². The number of nitrogens with two attached hydrogens (primary N) is 1. The van der Waals surface area contributed by atoms with Gasteiger partial charge in [0, 0.05) is 0 Å². The summed E-state index contributed by atoms with van der Waals surface area (Å²) in [5, 5.41) is 0. The molecule has 1 aliphatic carbocycles. The lowest BCUT2D eigenvalue weighted by atomic mass is 10.2. The van der Waals surface area contributed by atoms with Crippen LogP contribution in [0.1, 0.15) is 24.3 Å². The minimum absolute atomic E-state index is 0.624. The van der Waals surface area contributed by atoms with Crippen LogP contribution in [-0.4, -0.2) is 4.98 Å². The van der Waals surface area contributed by atoms with Gasteiger partial charge in [-0.15, -0.1) is 0 Å². The van der Waals surface area contributed by atoms with Crippen LogP contribution in [0.5, 0.6) is 0 Å². The molecular weight excluding hydrogens is 251 g/mol. The molecule has 1 saturated carbocycles. The van der Waals surface area contributed by atoms with Crippen LogP contribution in [0.25, 0.3) is 0 Å². The molecule has 2 N–H and O–H groups in total. The molecule has 0 unspecified atom stereocenters. The molecule has 0 amide bonds. The van der Waals surface area contributed by atoms with Gasteiger partial charge in [0.05, 0.1) is 0 Å². The highest BCUT2D eigenvalue weighted by Gasteiger charge is 2.25. The number of pyridine rings is 1. The molecule has 2 nitrogen and oxygen atoms in total. The fourth-order valence-corrected chi connectivity index (χ4v) is 2.06. The van der Waals surface area contributed by atoms with Crippen molar-refractivity contribution in [2.45, 2.75) is 18.8 Å². The highest BCUT2D eigenvalue weighted by atomic mass is 127. The van der Waals surface area contributed by atoms with Crippen LogP contribution >= 0.6 is 22.6 Å². The summed E-state index contributed by atoms with van der Waals surface area (Å²) in [6.45, 7) is 0. The summed E-state index contributed by atoms with van der Waals surface area (Å²) in [6, 6.07) is 3.98. The minimum atomic E-state index is 0.624. The third kappa shape index (κ3) is 1.47. The summed E-state index contributed by atoms with van der Waals surface area (Å²) in [5.41, 5.74) is 6.91. The van der Waals surface area contributed by atoms with Crippen LogP contribution in [0.4, 0.5) is 5.82 Å². The van der Waals surface area contributed by atoms with Gasteiger partial charge in [-0.1, -0.05) is 6.07 Å². The summed E-state index contributed by atoms with van der Waals surface area (Å²) in [6.07, 6.45) is 2.64. The van der Waals surface area contributed by atoms with Gasteiger partial charge in [-0.3, -0.25) is 0 Å². The van der Waals surface area contributed by atoms with Crippen molar-refractivity contribution in [2.24, 2.45) is 0 Å². The Bertz CT molecular complexity index is 281. The van der Waals surface area contributed by atoms with Crippen LogP contribution in [-0.2, 0) is 0 Å². The molecule has 3 heteroatoms. The largest absolute Gasteiger partial charge is 0.384 e. The Labute approximate surface area is 79.3 Å². The lowest BCUT2D eigenvalue weighted by molar-refractivity contribution is 1.07. The molecule has 11 heavy (non-hydrogen) atoms. The van der Waals surface area contributed by atoms with E-state index in [0.717, 1.165) is 9.62 Å². The number of hydrogen-bond acceptors (Lipinski definition) is 2. The molecule has 1 heterocycles. The monoisotopic (exact) mass is 260 g/mol. The Kier molecular flexibility index (Phi) is 1.75. The predicted octanol–water partition coefficient (Wildman–Crippen LogP) is 2.15. The average Bonchev–Trinajstić information content (AvgIpc) is 2.70. The van der Waals surface area contributed by atoms with Crippen LogP contribution in [0.15, 0.2) is 12.1 Å². The summed E-state index contributed by atoms with van der Waals surface area (Å²) < 4.78 is 1.07. The number of nitrogen functional groups attached to an aromatic ring is 1. The van der Waals surface area contributed by atoms with Crippen molar-refractivity contribution in [1.29, 1.82) is 0 Å². The van der Waals surface area contributed by atoms with E-state index in [1.54, 1.807) is 0 Å². The SMILES string of the molecule is Nc1ccc(C2CC2)c(I)n1. The Hall–Kier alpha value is -0.320. The van der Waals surface area contributed by atoms with E-state index in [2.05, 4.69) is 33.6 Å². The first-order valence-electron chi connectivity index (χ1n) is 3.69.